The van der Waals surface area contributed by atoms with E-state index in [2.05, 4.69) is 30.7 Å². The van der Waals surface area contributed by atoms with Crippen LogP contribution in [0.25, 0.3) is 11.4 Å². The molecule has 2 aromatic heterocycles. The Morgan fingerprint density at radius 1 is 0.500 bits per heavy atom. The van der Waals surface area contributed by atoms with Crippen LogP contribution >= 0.6 is 23.2 Å². The number of carboxylic acids is 2. The average molecular weight is 1070 g/mol. The van der Waals surface area contributed by atoms with E-state index in [1.807, 2.05) is 0 Å². The van der Waals surface area contributed by atoms with Gasteiger partial charge >= 0.3 is 88.7 Å². The van der Waals surface area contributed by atoms with Crippen molar-refractivity contribution in [1.29, 1.82) is 0 Å². The summed E-state index contributed by atoms with van der Waals surface area (Å²) in [6, 6.07) is 32.0. The minimum atomic E-state index is -1.48. The van der Waals surface area contributed by atoms with Gasteiger partial charge in [-0.25, -0.2) is 0 Å². The van der Waals surface area contributed by atoms with E-state index in [9.17, 15) is 49.2 Å². The number of carboxylic acid groups (broad SMARTS) is 2. The number of aromatic hydroxyl groups is 2. The Morgan fingerprint density at radius 3 is 1.12 bits per heavy atom. The van der Waals surface area contributed by atoms with Crippen LogP contribution in [0.1, 0.15) is 63.9 Å². The van der Waals surface area contributed by atoms with Gasteiger partial charge in [-0.3, -0.25) is 19.2 Å². The van der Waals surface area contributed by atoms with Crippen LogP contribution in [0.4, 0.5) is 22.7 Å². The molecule has 0 bridgehead atoms. The maximum absolute atomic E-state index is 12.7. The summed E-state index contributed by atoms with van der Waals surface area (Å²) in [7, 11) is 0. The van der Waals surface area contributed by atoms with Crippen molar-refractivity contribution >= 4 is 69.5 Å². The molecule has 0 spiro atoms. The molecule has 0 aliphatic carbocycles. The Balaban J connectivity index is 0.000000360. The van der Waals surface area contributed by atoms with Crippen molar-refractivity contribution in [3.8, 4) is 22.9 Å². The van der Waals surface area contributed by atoms with E-state index in [1.54, 1.807) is 62.4 Å². The number of aryl methyl sites for hydroxylation is 2. The molecule has 0 aliphatic heterocycles. The maximum Gasteiger partial charge on any atom is 1.00 e. The molecule has 0 amide bonds. The van der Waals surface area contributed by atoms with Crippen LogP contribution in [0, 0.1) is 13.8 Å². The van der Waals surface area contributed by atoms with Gasteiger partial charge in [-0.05, 0) is 84.9 Å². The zero-order valence-corrected chi connectivity index (χ0v) is 47.4. The molecule has 18 nitrogen and oxygen atoms in total. The van der Waals surface area contributed by atoms with Crippen LogP contribution in [0.5, 0.6) is 11.5 Å². The maximum atomic E-state index is 12.7. The third kappa shape index (κ3) is 14.0. The number of aromatic carboxylic acids is 2. The van der Waals surface area contributed by atoms with Crippen LogP contribution < -0.4 is 120 Å². The second kappa shape index (κ2) is 27.0. The Morgan fingerprint density at radius 2 is 0.819 bits per heavy atom. The first-order valence-electron chi connectivity index (χ1n) is 19.8. The fraction of sp³-hybridized carbons (Fsp3) is 0.0417. The van der Waals surface area contributed by atoms with Crippen LogP contribution in [-0.2, 0) is 17.4 Å². The number of aromatic nitrogens is 4. The topological polar surface area (TPSA) is 276 Å². The second-order valence-corrected chi connectivity index (χ2v) is 15.3. The van der Waals surface area contributed by atoms with Gasteiger partial charge in [0.15, 0.2) is 11.6 Å². The molecule has 0 saturated carbocycles. The molecule has 0 unspecified atom stereocenters. The zero-order chi connectivity index (χ0) is 48.8. The number of rotatable bonds is 12. The summed E-state index contributed by atoms with van der Waals surface area (Å²) in [4.78, 5) is 73.5. The van der Waals surface area contributed by atoms with Crippen LogP contribution in [0.3, 0.4) is 0 Å². The molecular weight excluding hydrogens is 1040 g/mol. The summed E-state index contributed by atoms with van der Waals surface area (Å²) in [6.45, 7) is 3.19. The number of phenols is 2. The standard InChI is InChI=1S/2C24H17ClN4O5.Cr.3Na/c2*1-13-21(23(32)29(28-13)16-9-7-15(25)8-10-16)27-26-19-11-6-14(12-20(19)30)22(31)17-4-2-3-5-18(17)24(33)34;;;;/h2*2-12H,1H3,(H3,26,27,28,30,31,32,33,34);;;;/q;;;3*+1/p-4. The Bertz CT molecular complexity index is 3260. The molecule has 0 fully saturated rings. The van der Waals surface area contributed by atoms with Gasteiger partial charge in [-0.1, -0.05) is 85.6 Å². The second-order valence-electron chi connectivity index (χ2n) is 14.4. The molecule has 8 aromatic rings. The van der Waals surface area contributed by atoms with Gasteiger partial charge in [0.05, 0.1) is 11.9 Å². The van der Waals surface area contributed by atoms with Crippen molar-refractivity contribution in [3.05, 3.63) is 209 Å². The normalized spacial score (nSPS) is 10.5. The van der Waals surface area contributed by atoms with Gasteiger partial charge in [-0.15, -0.1) is 31.8 Å². The largest absolute Gasteiger partial charge is 1.00 e. The molecule has 72 heavy (non-hydrogen) atoms. The molecule has 2 N–H and O–H groups in total. The van der Waals surface area contributed by atoms with Crippen LogP contribution in [0.15, 0.2) is 164 Å². The number of nitrogens with zero attached hydrogens (tertiary/aromatic N) is 8. The van der Waals surface area contributed by atoms with E-state index in [0.717, 1.165) is 21.5 Å². The number of phenolic OH excluding ortho intramolecular Hbond substituents is 2. The first-order chi connectivity index (χ1) is 32.5. The minimum Gasteiger partial charge on any atom is -0.589 e. The molecule has 346 valence electrons. The molecule has 0 aliphatic rings. The average Bonchev–Trinajstić information content (AvgIpc) is 3.78. The number of hydrogen-bond donors (Lipinski definition) is 2. The predicted molar refractivity (Wildman–Crippen MR) is 243 cm³/mol. The quantitative estimate of drug-likeness (QED) is 0.0761. The van der Waals surface area contributed by atoms with E-state index in [1.165, 1.54) is 72.8 Å². The SMILES string of the molecule is Cc1[n-]n(-c2ccc(Cl)cc2)c(=O)c1N=Nc1ccc(C(=O)c2ccccc2C(=O)[O-])cc1O.Cc1[n-]n(-c2ccc(Cl)cc2)c(=O)c1N=Nc1ccc(C(=O)c2ccccc2C(=O)[O-])cc1O.[Cr].[Na+].[Na+].[Na+]. The number of ketones is 2. The summed E-state index contributed by atoms with van der Waals surface area (Å²) in [5.74, 6) is -4.95. The van der Waals surface area contributed by atoms with Gasteiger partial charge in [0.2, 0.25) is 0 Å². The summed E-state index contributed by atoms with van der Waals surface area (Å²) < 4.78 is 2.33. The smallest absolute Gasteiger partial charge is 0.589 e. The summed E-state index contributed by atoms with van der Waals surface area (Å²) in [5.41, 5.74) is 0.0465. The predicted octanol–water partition coefficient (Wildman–Crippen LogP) is -2.05. The number of carbonyl (C=O) groups excluding carboxylic acids is 4. The molecule has 0 atom stereocenters. The van der Waals surface area contributed by atoms with Gasteiger partial charge in [0, 0.05) is 72.2 Å². The van der Waals surface area contributed by atoms with Crippen molar-refractivity contribution < 1.29 is 146 Å². The van der Waals surface area contributed by atoms with E-state index in [4.69, 9.17) is 23.2 Å². The van der Waals surface area contributed by atoms with Gasteiger partial charge < -0.3 is 49.6 Å². The Labute approximate surface area is 495 Å². The fourth-order valence-electron chi connectivity index (χ4n) is 6.48. The molecule has 6 aromatic carbocycles. The zero-order valence-electron chi connectivity index (χ0n) is 38.6. The Hall–Kier alpha value is -5.47. The summed E-state index contributed by atoms with van der Waals surface area (Å²) in [6.07, 6.45) is 0. The molecular formula is C48H30Cl2CrN8Na3O10-. The third-order valence-electron chi connectivity index (χ3n) is 9.89. The minimum absolute atomic E-state index is 0. The van der Waals surface area contributed by atoms with E-state index in [-0.39, 0.29) is 174 Å². The van der Waals surface area contributed by atoms with Crippen molar-refractivity contribution in [2.75, 3.05) is 0 Å². The summed E-state index contributed by atoms with van der Waals surface area (Å²) in [5, 5.41) is 68.4. The van der Waals surface area contributed by atoms with Gasteiger partial charge in [0.25, 0.3) is 11.1 Å². The van der Waals surface area contributed by atoms with Crippen molar-refractivity contribution in [1.82, 2.24) is 19.6 Å². The van der Waals surface area contributed by atoms with Gasteiger partial charge in [-0.2, -0.15) is 0 Å². The van der Waals surface area contributed by atoms with Crippen molar-refractivity contribution in [2.45, 2.75) is 13.8 Å². The molecule has 0 saturated heterocycles. The fourth-order valence-corrected chi connectivity index (χ4v) is 6.73. The monoisotopic (exact) mass is 1070 g/mol. The molecule has 8 rings (SSSR count). The van der Waals surface area contributed by atoms with Crippen LogP contribution in [0.2, 0.25) is 10.0 Å². The molecule has 2 heterocycles. The van der Waals surface area contributed by atoms with Crippen LogP contribution in [-0.4, -0.2) is 43.1 Å². The first-order valence-corrected chi connectivity index (χ1v) is 20.5. The number of halogens is 2. The number of benzene rings is 6. The third-order valence-corrected chi connectivity index (χ3v) is 10.4. The van der Waals surface area contributed by atoms with E-state index >= 15 is 0 Å². The van der Waals surface area contributed by atoms with Gasteiger partial charge in [0.1, 0.15) is 34.2 Å². The van der Waals surface area contributed by atoms with E-state index < -0.39 is 34.6 Å². The van der Waals surface area contributed by atoms with Crippen molar-refractivity contribution in [3.63, 3.8) is 0 Å². The molecule has 24 heteroatoms. The number of carbonyl (C=O) groups is 4. The number of hydrogen-bond acceptors (Lipinski definition) is 14. The number of azo groups is 2. The van der Waals surface area contributed by atoms with E-state index in [0.29, 0.717) is 32.8 Å². The van der Waals surface area contributed by atoms with Crippen molar-refractivity contribution in [2.24, 2.45) is 20.5 Å². The molecule has 0 radical (unpaired) electrons. The summed E-state index contributed by atoms with van der Waals surface area (Å²) >= 11 is 11.8. The first kappa shape index (κ1) is 60.8. The Kier molecular flexibility index (Phi) is 22.8.